The van der Waals surface area contributed by atoms with Crippen molar-refractivity contribution in [2.75, 3.05) is 6.54 Å². The molecule has 0 heterocycles. The van der Waals surface area contributed by atoms with E-state index in [1.165, 1.54) is 25.7 Å². The SMILES string of the molecule is CC(NCC1CCCC1)C(N)=NO. The highest BCUT2D eigenvalue weighted by molar-refractivity contribution is 5.84. The number of hydrogen-bond donors (Lipinski definition) is 3. The van der Waals surface area contributed by atoms with Gasteiger partial charge in [0.25, 0.3) is 0 Å². The van der Waals surface area contributed by atoms with Crippen LogP contribution in [0.3, 0.4) is 0 Å². The Labute approximate surface area is 79.2 Å². The number of nitrogens with zero attached hydrogens (tertiary/aromatic N) is 1. The number of nitrogens with two attached hydrogens (primary N) is 1. The van der Waals surface area contributed by atoms with Gasteiger partial charge in [-0.3, -0.25) is 0 Å². The van der Waals surface area contributed by atoms with Crippen LogP contribution in [0.15, 0.2) is 5.16 Å². The lowest BCUT2D eigenvalue weighted by Gasteiger charge is -2.15. The van der Waals surface area contributed by atoms with Crippen molar-refractivity contribution in [2.24, 2.45) is 16.8 Å². The highest BCUT2D eigenvalue weighted by Crippen LogP contribution is 2.23. The summed E-state index contributed by atoms with van der Waals surface area (Å²) in [7, 11) is 0. The lowest BCUT2D eigenvalue weighted by atomic mass is 10.1. The molecule has 0 spiro atoms. The highest BCUT2D eigenvalue weighted by atomic mass is 16.4. The smallest absolute Gasteiger partial charge is 0.156 e. The molecule has 4 N–H and O–H groups in total. The van der Waals surface area contributed by atoms with Gasteiger partial charge in [0.2, 0.25) is 0 Å². The van der Waals surface area contributed by atoms with Gasteiger partial charge < -0.3 is 16.3 Å². The summed E-state index contributed by atoms with van der Waals surface area (Å²) in [6.45, 7) is 2.89. The van der Waals surface area contributed by atoms with Gasteiger partial charge in [0.1, 0.15) is 0 Å². The molecule has 4 nitrogen and oxygen atoms in total. The van der Waals surface area contributed by atoms with Gasteiger partial charge in [0, 0.05) is 0 Å². The highest BCUT2D eigenvalue weighted by Gasteiger charge is 2.16. The van der Waals surface area contributed by atoms with Crippen LogP contribution in [0, 0.1) is 5.92 Å². The number of oxime groups is 1. The van der Waals surface area contributed by atoms with E-state index in [1.54, 1.807) is 0 Å². The van der Waals surface area contributed by atoms with Crippen LogP contribution >= 0.6 is 0 Å². The topological polar surface area (TPSA) is 70.6 Å². The standard InChI is InChI=1S/C9H19N3O/c1-7(9(10)12-13)11-6-8-4-2-3-5-8/h7-8,11,13H,2-6H2,1H3,(H2,10,12). The van der Waals surface area contributed by atoms with E-state index in [2.05, 4.69) is 10.5 Å². The summed E-state index contributed by atoms with van der Waals surface area (Å²) in [5.41, 5.74) is 5.44. The fraction of sp³-hybridized carbons (Fsp3) is 0.889. The normalized spacial score (nSPS) is 22.1. The first-order valence-corrected chi connectivity index (χ1v) is 4.95. The van der Waals surface area contributed by atoms with Gasteiger partial charge in [0.15, 0.2) is 5.84 Å². The molecule has 0 aromatic rings. The minimum Gasteiger partial charge on any atom is -0.409 e. The largest absolute Gasteiger partial charge is 0.409 e. The molecule has 4 heteroatoms. The van der Waals surface area contributed by atoms with Crippen LogP contribution in [0.1, 0.15) is 32.6 Å². The van der Waals surface area contributed by atoms with E-state index in [9.17, 15) is 0 Å². The van der Waals surface area contributed by atoms with Gasteiger partial charge in [0.05, 0.1) is 6.04 Å². The molecule has 76 valence electrons. The van der Waals surface area contributed by atoms with E-state index < -0.39 is 0 Å². The molecule has 1 rings (SSSR count). The first kappa shape index (κ1) is 10.3. The Morgan fingerprint density at radius 3 is 2.77 bits per heavy atom. The van der Waals surface area contributed by atoms with Crippen LogP contribution in [-0.4, -0.2) is 23.6 Å². The third-order valence-corrected chi connectivity index (χ3v) is 2.75. The van der Waals surface area contributed by atoms with Gasteiger partial charge in [-0.25, -0.2) is 0 Å². The van der Waals surface area contributed by atoms with Crippen LogP contribution in [-0.2, 0) is 0 Å². The number of rotatable bonds is 4. The monoisotopic (exact) mass is 185 g/mol. The van der Waals surface area contributed by atoms with Crippen molar-refractivity contribution < 1.29 is 5.21 Å². The molecular weight excluding hydrogens is 166 g/mol. The second kappa shape index (κ2) is 5.07. The van der Waals surface area contributed by atoms with E-state index in [-0.39, 0.29) is 11.9 Å². The molecule has 13 heavy (non-hydrogen) atoms. The maximum absolute atomic E-state index is 8.42. The van der Waals surface area contributed by atoms with Crippen molar-refractivity contribution in [1.29, 1.82) is 0 Å². The quantitative estimate of drug-likeness (QED) is 0.264. The predicted molar refractivity (Wildman–Crippen MR) is 52.8 cm³/mol. The van der Waals surface area contributed by atoms with Gasteiger partial charge in [-0.15, -0.1) is 0 Å². The van der Waals surface area contributed by atoms with Crippen LogP contribution in [0.5, 0.6) is 0 Å². The van der Waals surface area contributed by atoms with Gasteiger partial charge in [-0.1, -0.05) is 18.0 Å². The summed E-state index contributed by atoms with van der Waals surface area (Å²) in [5, 5.41) is 14.6. The molecule has 1 aliphatic rings. The number of nitrogens with one attached hydrogen (secondary N) is 1. The summed E-state index contributed by atoms with van der Waals surface area (Å²) in [6.07, 6.45) is 5.33. The Morgan fingerprint density at radius 2 is 2.23 bits per heavy atom. The zero-order chi connectivity index (χ0) is 9.68. The Bertz CT molecular complexity index is 176. The molecule has 0 radical (unpaired) electrons. The minimum atomic E-state index is -0.0226. The van der Waals surface area contributed by atoms with E-state index in [0.717, 1.165) is 12.5 Å². The van der Waals surface area contributed by atoms with Gasteiger partial charge in [-0.05, 0) is 32.2 Å². The second-order valence-electron chi connectivity index (χ2n) is 3.81. The summed E-state index contributed by atoms with van der Waals surface area (Å²) in [4.78, 5) is 0. The molecular formula is C9H19N3O. The van der Waals surface area contributed by atoms with E-state index in [4.69, 9.17) is 10.9 Å². The van der Waals surface area contributed by atoms with E-state index >= 15 is 0 Å². The number of hydrogen-bond acceptors (Lipinski definition) is 3. The molecule has 1 aliphatic carbocycles. The minimum absolute atomic E-state index is 0.0226. The first-order chi connectivity index (χ1) is 6.24. The van der Waals surface area contributed by atoms with Gasteiger partial charge >= 0.3 is 0 Å². The molecule has 1 unspecified atom stereocenters. The molecule has 0 aromatic heterocycles. The van der Waals surface area contributed by atoms with Crippen molar-refractivity contribution in [2.45, 2.75) is 38.6 Å². The summed E-state index contributed by atoms with van der Waals surface area (Å²) in [6, 6.07) is -0.0226. The Kier molecular flexibility index (Phi) is 4.02. The molecule has 0 amide bonds. The lowest BCUT2D eigenvalue weighted by Crippen LogP contribution is -2.40. The van der Waals surface area contributed by atoms with Crippen molar-refractivity contribution in [3.8, 4) is 0 Å². The number of amidine groups is 1. The Balaban J connectivity index is 2.17. The maximum atomic E-state index is 8.42. The lowest BCUT2D eigenvalue weighted by molar-refractivity contribution is 0.314. The molecule has 0 bridgehead atoms. The molecule has 0 aromatic carbocycles. The van der Waals surface area contributed by atoms with E-state index in [1.807, 2.05) is 6.92 Å². The average molecular weight is 185 g/mol. The third kappa shape index (κ3) is 3.22. The van der Waals surface area contributed by atoms with Crippen LogP contribution in [0.25, 0.3) is 0 Å². The maximum Gasteiger partial charge on any atom is 0.156 e. The average Bonchev–Trinajstić information content (AvgIpc) is 2.65. The fourth-order valence-corrected chi connectivity index (χ4v) is 1.75. The second-order valence-corrected chi connectivity index (χ2v) is 3.81. The molecule has 0 saturated heterocycles. The molecule has 0 aliphatic heterocycles. The zero-order valence-electron chi connectivity index (χ0n) is 8.16. The van der Waals surface area contributed by atoms with Crippen molar-refractivity contribution in [3.05, 3.63) is 0 Å². The summed E-state index contributed by atoms with van der Waals surface area (Å²) in [5.74, 6) is 1.05. The zero-order valence-corrected chi connectivity index (χ0v) is 8.16. The molecule has 1 fully saturated rings. The fourth-order valence-electron chi connectivity index (χ4n) is 1.75. The Hall–Kier alpha value is -0.770. The van der Waals surface area contributed by atoms with Crippen LogP contribution in [0.4, 0.5) is 0 Å². The summed E-state index contributed by atoms with van der Waals surface area (Å²) >= 11 is 0. The Morgan fingerprint density at radius 1 is 1.62 bits per heavy atom. The van der Waals surface area contributed by atoms with Crippen molar-refractivity contribution >= 4 is 5.84 Å². The van der Waals surface area contributed by atoms with E-state index in [0.29, 0.717) is 0 Å². The van der Waals surface area contributed by atoms with Gasteiger partial charge in [-0.2, -0.15) is 0 Å². The first-order valence-electron chi connectivity index (χ1n) is 4.95. The third-order valence-electron chi connectivity index (χ3n) is 2.75. The van der Waals surface area contributed by atoms with Crippen molar-refractivity contribution in [3.63, 3.8) is 0 Å². The van der Waals surface area contributed by atoms with Crippen molar-refractivity contribution in [1.82, 2.24) is 5.32 Å². The van der Waals surface area contributed by atoms with Crippen LogP contribution in [0.2, 0.25) is 0 Å². The summed E-state index contributed by atoms with van der Waals surface area (Å²) < 4.78 is 0. The molecule has 1 atom stereocenters. The van der Waals surface area contributed by atoms with Crippen LogP contribution < -0.4 is 11.1 Å². The predicted octanol–water partition coefficient (Wildman–Crippen LogP) is 0.901. The molecule has 1 saturated carbocycles.